The van der Waals surface area contributed by atoms with Crippen molar-refractivity contribution in [2.75, 3.05) is 0 Å². The number of imidazole rings is 1. The van der Waals surface area contributed by atoms with Crippen molar-refractivity contribution in [2.45, 2.75) is 0 Å². The summed E-state index contributed by atoms with van der Waals surface area (Å²) in [5, 5.41) is 5.79. The first-order valence-electron chi connectivity index (χ1n) is 11.3. The van der Waals surface area contributed by atoms with Gasteiger partial charge in [-0.05, 0) is 60.0 Å². The third-order valence-electron chi connectivity index (χ3n) is 6.79. The van der Waals surface area contributed by atoms with Crippen molar-refractivity contribution in [1.29, 1.82) is 0 Å². The van der Waals surface area contributed by atoms with Crippen molar-refractivity contribution in [3.8, 4) is 5.69 Å². The number of fused-ring (bicyclic) bond motifs is 11. The van der Waals surface area contributed by atoms with Gasteiger partial charge in [0.15, 0.2) is 5.65 Å². The van der Waals surface area contributed by atoms with E-state index in [2.05, 4.69) is 92.8 Å². The molecule has 0 aliphatic carbocycles. The molecule has 158 valence electrons. The molecular weight excluding hydrogens is 418 g/mol. The molecule has 0 radical (unpaired) electrons. The van der Waals surface area contributed by atoms with E-state index in [0.29, 0.717) is 0 Å². The van der Waals surface area contributed by atoms with Gasteiger partial charge in [-0.2, -0.15) is 0 Å². The fourth-order valence-electron chi connectivity index (χ4n) is 5.37. The average molecular weight is 435 g/mol. The van der Waals surface area contributed by atoms with Gasteiger partial charge < -0.3 is 4.57 Å². The molecule has 0 saturated heterocycles. The molecular formula is C29H17N5. The zero-order chi connectivity index (χ0) is 22.2. The van der Waals surface area contributed by atoms with E-state index >= 15 is 0 Å². The van der Waals surface area contributed by atoms with Gasteiger partial charge in [0.05, 0.1) is 16.6 Å². The molecule has 0 amide bonds. The van der Waals surface area contributed by atoms with Crippen LogP contribution in [0.15, 0.2) is 103 Å². The number of benzene rings is 3. The Morgan fingerprint density at radius 1 is 0.500 bits per heavy atom. The molecule has 34 heavy (non-hydrogen) atoms. The number of rotatable bonds is 1. The van der Waals surface area contributed by atoms with Crippen LogP contribution in [0.2, 0.25) is 0 Å². The van der Waals surface area contributed by atoms with Crippen LogP contribution < -0.4 is 0 Å². The number of nitrogens with zero attached hydrogens (tertiary/aromatic N) is 5. The lowest BCUT2D eigenvalue weighted by atomic mass is 10.0. The van der Waals surface area contributed by atoms with Crippen LogP contribution in [-0.4, -0.2) is 23.9 Å². The van der Waals surface area contributed by atoms with E-state index in [1.165, 1.54) is 16.3 Å². The van der Waals surface area contributed by atoms with Crippen molar-refractivity contribution in [3.63, 3.8) is 0 Å². The molecule has 0 atom stereocenters. The summed E-state index contributed by atoms with van der Waals surface area (Å²) < 4.78 is 4.48. The highest BCUT2D eigenvalue weighted by molar-refractivity contribution is 6.21. The van der Waals surface area contributed by atoms with E-state index in [4.69, 9.17) is 9.97 Å². The summed E-state index contributed by atoms with van der Waals surface area (Å²) in [5.41, 5.74) is 6.95. The van der Waals surface area contributed by atoms with Crippen LogP contribution in [0.5, 0.6) is 0 Å². The smallest absolute Gasteiger partial charge is 0.178 e. The van der Waals surface area contributed by atoms with Crippen LogP contribution in [0.3, 0.4) is 0 Å². The summed E-state index contributed by atoms with van der Waals surface area (Å²) in [6, 6.07) is 31.9. The summed E-state index contributed by atoms with van der Waals surface area (Å²) in [4.78, 5) is 14.3. The zero-order valence-electron chi connectivity index (χ0n) is 18.1. The minimum absolute atomic E-state index is 0.727. The molecule has 0 N–H and O–H groups in total. The van der Waals surface area contributed by atoms with Crippen molar-refractivity contribution in [3.05, 3.63) is 103 Å². The predicted octanol–water partition coefficient (Wildman–Crippen LogP) is 6.68. The van der Waals surface area contributed by atoms with E-state index in [0.717, 1.165) is 49.8 Å². The number of hydrogen-bond acceptors (Lipinski definition) is 3. The Hall–Kier alpha value is -4.77. The standard InChI is InChI=1S/C29H17N5/c1-2-8-18(9-3-1)33-24-12-5-4-10-19(24)22-16-21-20-11-6-15-31-28(20)34-25-13-7-14-30-27(25)32-29(34)23(21)17-26(22)33/h1-17H. The van der Waals surface area contributed by atoms with E-state index in [1.54, 1.807) is 6.20 Å². The molecule has 5 aromatic heterocycles. The predicted molar refractivity (Wildman–Crippen MR) is 138 cm³/mol. The van der Waals surface area contributed by atoms with Gasteiger partial charge in [-0.25, -0.2) is 15.0 Å². The lowest BCUT2D eigenvalue weighted by molar-refractivity contribution is 1.18. The largest absolute Gasteiger partial charge is 0.309 e. The van der Waals surface area contributed by atoms with E-state index in [1.807, 2.05) is 18.3 Å². The first-order chi connectivity index (χ1) is 16.9. The molecule has 0 spiro atoms. The molecule has 0 fully saturated rings. The van der Waals surface area contributed by atoms with E-state index < -0.39 is 0 Å². The van der Waals surface area contributed by atoms with Gasteiger partial charge >= 0.3 is 0 Å². The Morgan fingerprint density at radius 3 is 2.21 bits per heavy atom. The summed E-state index contributed by atoms with van der Waals surface area (Å²) in [7, 11) is 0. The van der Waals surface area contributed by atoms with Crippen molar-refractivity contribution >= 4 is 60.4 Å². The normalized spacial score (nSPS) is 12.1. The molecule has 5 heterocycles. The minimum Gasteiger partial charge on any atom is -0.309 e. The number of para-hydroxylation sites is 2. The van der Waals surface area contributed by atoms with Gasteiger partial charge in [0.2, 0.25) is 0 Å². The first-order valence-corrected chi connectivity index (χ1v) is 11.3. The molecule has 0 unspecified atom stereocenters. The van der Waals surface area contributed by atoms with Crippen molar-refractivity contribution in [1.82, 2.24) is 23.9 Å². The highest BCUT2D eigenvalue weighted by Gasteiger charge is 2.18. The van der Waals surface area contributed by atoms with E-state index in [9.17, 15) is 0 Å². The van der Waals surface area contributed by atoms with E-state index in [-0.39, 0.29) is 0 Å². The minimum atomic E-state index is 0.727. The maximum atomic E-state index is 4.96. The molecule has 0 aliphatic rings. The zero-order valence-corrected chi connectivity index (χ0v) is 18.1. The molecule has 0 bridgehead atoms. The maximum Gasteiger partial charge on any atom is 0.178 e. The summed E-state index contributed by atoms with van der Waals surface area (Å²) in [6.07, 6.45) is 3.63. The summed E-state index contributed by atoms with van der Waals surface area (Å²) in [5.74, 6) is 0. The molecule has 0 saturated carbocycles. The van der Waals surface area contributed by atoms with Crippen LogP contribution in [-0.2, 0) is 0 Å². The van der Waals surface area contributed by atoms with Crippen molar-refractivity contribution in [2.24, 2.45) is 0 Å². The monoisotopic (exact) mass is 435 g/mol. The second-order valence-corrected chi connectivity index (χ2v) is 8.59. The lowest BCUT2D eigenvalue weighted by Gasteiger charge is -2.10. The topological polar surface area (TPSA) is 48.0 Å². The molecule has 8 rings (SSSR count). The van der Waals surface area contributed by atoms with Crippen LogP contribution in [0, 0.1) is 0 Å². The highest BCUT2D eigenvalue weighted by atomic mass is 15.1. The third kappa shape index (κ3) is 2.20. The molecule has 0 aliphatic heterocycles. The molecule has 5 heteroatoms. The van der Waals surface area contributed by atoms with Crippen LogP contribution in [0.4, 0.5) is 0 Å². The molecule has 5 nitrogen and oxygen atoms in total. The summed E-state index contributed by atoms with van der Waals surface area (Å²) >= 11 is 0. The van der Waals surface area contributed by atoms with Gasteiger partial charge in [0, 0.05) is 39.6 Å². The Bertz CT molecular complexity index is 2070. The van der Waals surface area contributed by atoms with Gasteiger partial charge in [-0.15, -0.1) is 0 Å². The van der Waals surface area contributed by atoms with Crippen LogP contribution in [0.25, 0.3) is 66.1 Å². The quantitative estimate of drug-likeness (QED) is 0.270. The van der Waals surface area contributed by atoms with Crippen LogP contribution in [0.1, 0.15) is 0 Å². The fraction of sp³-hybridized carbons (Fsp3) is 0. The Kier molecular flexibility index (Phi) is 3.34. The molecule has 3 aromatic carbocycles. The summed E-state index contributed by atoms with van der Waals surface area (Å²) in [6.45, 7) is 0. The lowest BCUT2D eigenvalue weighted by Crippen LogP contribution is -1.95. The van der Waals surface area contributed by atoms with Crippen molar-refractivity contribution < 1.29 is 0 Å². The number of aromatic nitrogens is 5. The number of pyridine rings is 3. The SMILES string of the molecule is c1ccc(-n2c3ccccc3c3cc4c5cccnc5n5c6cccnc6nc5c4cc32)cc1. The maximum absolute atomic E-state index is 4.96. The third-order valence-corrected chi connectivity index (χ3v) is 6.79. The average Bonchev–Trinajstić information content (AvgIpc) is 3.45. The fourth-order valence-corrected chi connectivity index (χ4v) is 5.37. The van der Waals surface area contributed by atoms with Crippen LogP contribution >= 0.6 is 0 Å². The second kappa shape index (κ2) is 6.39. The number of hydrogen-bond donors (Lipinski definition) is 0. The second-order valence-electron chi connectivity index (χ2n) is 8.59. The Morgan fingerprint density at radius 2 is 1.26 bits per heavy atom. The Balaban J connectivity index is 1.67. The first kappa shape index (κ1) is 17.7. The molecule has 8 aromatic rings. The van der Waals surface area contributed by atoms with Gasteiger partial charge in [0.25, 0.3) is 0 Å². The Labute approximate surface area is 193 Å². The highest BCUT2D eigenvalue weighted by Crippen LogP contribution is 2.38. The van der Waals surface area contributed by atoms with Gasteiger partial charge in [0.1, 0.15) is 11.3 Å². The van der Waals surface area contributed by atoms with Gasteiger partial charge in [-0.1, -0.05) is 36.4 Å². The van der Waals surface area contributed by atoms with Gasteiger partial charge in [-0.3, -0.25) is 4.40 Å².